The number of alkyl halides is 3. The maximum Gasteiger partial charge on any atom is 0.407 e. The molecule has 0 amide bonds. The number of nitrogens with zero attached hydrogens (tertiary/aromatic N) is 1. The second kappa shape index (κ2) is 6.13. The molecule has 1 aliphatic rings. The minimum Gasteiger partial charge on any atom is -0.444 e. The van der Waals surface area contributed by atoms with E-state index >= 15 is 0 Å². The van der Waals surface area contributed by atoms with E-state index in [1.54, 1.807) is 6.20 Å². The van der Waals surface area contributed by atoms with Crippen molar-refractivity contribution in [2.75, 3.05) is 0 Å². The Balaban J connectivity index is 1.74. The van der Waals surface area contributed by atoms with Crippen LogP contribution in [0.3, 0.4) is 0 Å². The SMILES string of the molecule is Fc1ccc([C@@H](NCc2ncc(C3CC3)o2)C(F)(F)F)cc1Cl. The van der Waals surface area contributed by atoms with Crippen LogP contribution in [-0.4, -0.2) is 11.2 Å². The lowest BCUT2D eigenvalue weighted by Crippen LogP contribution is -2.34. The van der Waals surface area contributed by atoms with E-state index in [0.29, 0.717) is 11.7 Å². The highest BCUT2D eigenvalue weighted by Crippen LogP contribution is 2.40. The van der Waals surface area contributed by atoms with Gasteiger partial charge in [-0.1, -0.05) is 17.7 Å². The van der Waals surface area contributed by atoms with Crippen molar-refractivity contribution in [1.82, 2.24) is 10.3 Å². The summed E-state index contributed by atoms with van der Waals surface area (Å²) in [6.07, 6.45) is -0.984. The van der Waals surface area contributed by atoms with Crippen molar-refractivity contribution < 1.29 is 22.0 Å². The summed E-state index contributed by atoms with van der Waals surface area (Å²) in [6, 6.07) is 0.941. The summed E-state index contributed by atoms with van der Waals surface area (Å²) in [5.41, 5.74) is -0.169. The fourth-order valence-corrected chi connectivity index (χ4v) is 2.46. The molecular weight excluding hydrogens is 336 g/mol. The van der Waals surface area contributed by atoms with Gasteiger partial charge in [0.1, 0.15) is 17.6 Å². The molecule has 0 aliphatic heterocycles. The minimum atomic E-state index is -4.56. The molecule has 8 heteroatoms. The molecule has 1 aromatic heterocycles. The molecule has 23 heavy (non-hydrogen) atoms. The molecule has 3 rings (SSSR count). The molecule has 1 fully saturated rings. The largest absolute Gasteiger partial charge is 0.444 e. The Kier molecular flexibility index (Phi) is 4.33. The average molecular weight is 349 g/mol. The zero-order valence-corrected chi connectivity index (χ0v) is 12.6. The highest BCUT2D eigenvalue weighted by Gasteiger charge is 2.41. The molecule has 1 atom stereocenters. The first-order valence-corrected chi connectivity index (χ1v) is 7.42. The molecule has 0 saturated heterocycles. The lowest BCUT2D eigenvalue weighted by molar-refractivity contribution is -0.158. The number of halogens is 5. The molecule has 1 heterocycles. The van der Waals surface area contributed by atoms with E-state index in [-0.39, 0.29) is 23.0 Å². The quantitative estimate of drug-likeness (QED) is 0.793. The van der Waals surface area contributed by atoms with E-state index < -0.39 is 18.0 Å². The maximum absolute atomic E-state index is 13.2. The first-order chi connectivity index (χ1) is 10.8. The molecule has 2 aromatic rings. The van der Waals surface area contributed by atoms with Gasteiger partial charge >= 0.3 is 6.18 Å². The van der Waals surface area contributed by atoms with Crippen LogP contribution in [0.15, 0.2) is 28.8 Å². The highest BCUT2D eigenvalue weighted by molar-refractivity contribution is 6.30. The van der Waals surface area contributed by atoms with Crippen molar-refractivity contribution >= 4 is 11.6 Å². The standard InChI is InChI=1S/C15H13ClF4N2O/c16-10-5-9(3-4-11(10)17)14(15(18,19)20)22-7-13-21-6-12(23-13)8-1-2-8/h3-6,8,14,22H,1-2,7H2/t14-/m1/s1. The molecule has 3 nitrogen and oxygen atoms in total. The van der Waals surface area contributed by atoms with Crippen molar-refractivity contribution in [3.8, 4) is 0 Å². The summed E-state index contributed by atoms with van der Waals surface area (Å²) in [7, 11) is 0. The lowest BCUT2D eigenvalue weighted by Gasteiger charge is -2.21. The number of aromatic nitrogens is 1. The van der Waals surface area contributed by atoms with E-state index in [9.17, 15) is 17.6 Å². The average Bonchev–Trinajstić information content (AvgIpc) is 3.21. The summed E-state index contributed by atoms with van der Waals surface area (Å²) in [6.45, 7) is -0.189. The summed E-state index contributed by atoms with van der Waals surface area (Å²) in [4.78, 5) is 3.97. The predicted octanol–water partition coefficient (Wildman–Crippen LogP) is 4.74. The number of rotatable bonds is 5. The third-order valence-corrected chi connectivity index (χ3v) is 3.90. The summed E-state index contributed by atoms with van der Waals surface area (Å²) < 4.78 is 58.3. The second-order valence-electron chi connectivity index (χ2n) is 5.46. The van der Waals surface area contributed by atoms with E-state index in [0.717, 1.165) is 31.0 Å². The van der Waals surface area contributed by atoms with Gasteiger partial charge in [0.25, 0.3) is 0 Å². The third kappa shape index (κ3) is 3.84. The topological polar surface area (TPSA) is 38.1 Å². The van der Waals surface area contributed by atoms with Crippen LogP contribution in [-0.2, 0) is 6.54 Å². The van der Waals surface area contributed by atoms with Gasteiger partial charge in [-0.25, -0.2) is 9.37 Å². The molecule has 1 aromatic carbocycles. The Morgan fingerprint density at radius 3 is 2.70 bits per heavy atom. The van der Waals surface area contributed by atoms with Crippen molar-refractivity contribution in [2.45, 2.75) is 37.5 Å². The van der Waals surface area contributed by atoms with Gasteiger partial charge in [0.15, 0.2) is 0 Å². The molecule has 0 bridgehead atoms. The first-order valence-electron chi connectivity index (χ1n) is 7.04. The number of nitrogens with one attached hydrogen (secondary N) is 1. The third-order valence-electron chi connectivity index (χ3n) is 3.61. The Bertz CT molecular complexity index is 697. The molecule has 1 saturated carbocycles. The maximum atomic E-state index is 13.2. The zero-order chi connectivity index (χ0) is 16.6. The van der Waals surface area contributed by atoms with Crippen molar-refractivity contribution in [2.24, 2.45) is 0 Å². The first kappa shape index (κ1) is 16.3. The van der Waals surface area contributed by atoms with Crippen LogP contribution >= 0.6 is 11.6 Å². The molecular formula is C15H13ClF4N2O. The van der Waals surface area contributed by atoms with Crippen LogP contribution in [0.5, 0.6) is 0 Å². The predicted molar refractivity (Wildman–Crippen MR) is 75.5 cm³/mol. The van der Waals surface area contributed by atoms with Gasteiger partial charge in [-0.05, 0) is 30.5 Å². The van der Waals surface area contributed by atoms with E-state index in [1.165, 1.54) is 0 Å². The van der Waals surface area contributed by atoms with Gasteiger partial charge in [0.2, 0.25) is 5.89 Å². The summed E-state index contributed by atoms with van der Waals surface area (Å²) in [5, 5.41) is 1.99. The Morgan fingerprint density at radius 2 is 2.09 bits per heavy atom. The fraction of sp³-hybridized carbons (Fsp3) is 0.400. The van der Waals surface area contributed by atoms with Gasteiger partial charge in [-0.2, -0.15) is 13.2 Å². The Labute approximate surface area is 134 Å². The van der Waals surface area contributed by atoms with Crippen LogP contribution in [0.2, 0.25) is 5.02 Å². The molecule has 1 N–H and O–H groups in total. The minimum absolute atomic E-state index is 0.169. The van der Waals surface area contributed by atoms with E-state index in [1.807, 2.05) is 0 Å². The van der Waals surface area contributed by atoms with Gasteiger partial charge in [0, 0.05) is 5.92 Å². The number of hydrogen-bond donors (Lipinski definition) is 1. The van der Waals surface area contributed by atoms with Crippen LogP contribution in [0.1, 0.15) is 42.0 Å². The normalized spacial score (nSPS) is 16.6. The van der Waals surface area contributed by atoms with Crippen molar-refractivity contribution in [3.05, 3.63) is 52.5 Å². The molecule has 0 unspecified atom stereocenters. The van der Waals surface area contributed by atoms with Crippen LogP contribution < -0.4 is 5.32 Å². The van der Waals surface area contributed by atoms with Gasteiger partial charge in [0.05, 0.1) is 17.8 Å². The number of hydrogen-bond acceptors (Lipinski definition) is 3. The Morgan fingerprint density at radius 1 is 1.35 bits per heavy atom. The van der Waals surface area contributed by atoms with Crippen molar-refractivity contribution in [3.63, 3.8) is 0 Å². The molecule has 1 aliphatic carbocycles. The number of benzene rings is 1. The molecule has 124 valence electrons. The monoisotopic (exact) mass is 348 g/mol. The second-order valence-corrected chi connectivity index (χ2v) is 5.87. The van der Waals surface area contributed by atoms with Crippen LogP contribution in [0.4, 0.5) is 17.6 Å². The smallest absolute Gasteiger partial charge is 0.407 e. The number of oxazole rings is 1. The van der Waals surface area contributed by atoms with Gasteiger partial charge in [-0.15, -0.1) is 0 Å². The van der Waals surface area contributed by atoms with Crippen molar-refractivity contribution in [1.29, 1.82) is 0 Å². The van der Waals surface area contributed by atoms with Gasteiger partial charge in [-0.3, -0.25) is 5.32 Å². The Hall–Kier alpha value is -1.60. The fourth-order valence-electron chi connectivity index (χ4n) is 2.27. The zero-order valence-electron chi connectivity index (χ0n) is 11.8. The van der Waals surface area contributed by atoms with Crippen LogP contribution in [0, 0.1) is 5.82 Å². The van der Waals surface area contributed by atoms with E-state index in [4.69, 9.17) is 16.0 Å². The van der Waals surface area contributed by atoms with Gasteiger partial charge < -0.3 is 4.42 Å². The molecule has 0 spiro atoms. The molecule has 0 radical (unpaired) electrons. The summed E-state index contributed by atoms with van der Waals surface area (Å²) >= 11 is 5.57. The highest BCUT2D eigenvalue weighted by atomic mass is 35.5. The summed E-state index contributed by atoms with van der Waals surface area (Å²) in [5.74, 6) is 0.466. The van der Waals surface area contributed by atoms with E-state index in [2.05, 4.69) is 10.3 Å². The van der Waals surface area contributed by atoms with Crippen LogP contribution in [0.25, 0.3) is 0 Å². The lowest BCUT2D eigenvalue weighted by atomic mass is 10.1.